The maximum Gasteiger partial charge on any atom is 0.326 e. The maximum absolute atomic E-state index is 13.0. The van der Waals surface area contributed by atoms with Crippen molar-refractivity contribution < 1.29 is 14.7 Å². The molecule has 0 unspecified atom stereocenters. The van der Waals surface area contributed by atoms with E-state index < -0.39 is 12.0 Å². The predicted molar refractivity (Wildman–Crippen MR) is 80.9 cm³/mol. The minimum atomic E-state index is -0.905. The van der Waals surface area contributed by atoms with Gasteiger partial charge in [-0.15, -0.1) is 10.2 Å². The number of likely N-dealkylation sites (tertiary alicyclic amines) is 1. The van der Waals surface area contributed by atoms with Crippen molar-refractivity contribution >= 4 is 17.5 Å². The second kappa shape index (κ2) is 5.33. The summed E-state index contributed by atoms with van der Waals surface area (Å²) in [6, 6.07) is 2.76. The summed E-state index contributed by atoms with van der Waals surface area (Å²) in [5, 5.41) is 17.3. The highest BCUT2D eigenvalue weighted by molar-refractivity contribution is 5.97. The van der Waals surface area contributed by atoms with Crippen LogP contribution in [0.15, 0.2) is 24.7 Å². The number of carbonyl (C=O) groups excluding carboxylic acids is 1. The first-order valence-electron chi connectivity index (χ1n) is 8.00. The van der Waals surface area contributed by atoms with Crippen LogP contribution in [0.2, 0.25) is 0 Å². The highest BCUT2D eigenvalue weighted by atomic mass is 16.4. The monoisotopic (exact) mass is 314 g/mol. The molecule has 7 nitrogen and oxygen atoms in total. The molecule has 0 aromatic carbocycles. The molecule has 1 saturated carbocycles. The molecule has 0 spiro atoms. The third-order valence-corrected chi connectivity index (χ3v) is 5.15. The topological polar surface area (TPSA) is 87.8 Å². The van der Waals surface area contributed by atoms with Gasteiger partial charge in [0.05, 0.1) is 5.56 Å². The van der Waals surface area contributed by atoms with Crippen LogP contribution >= 0.6 is 0 Å². The van der Waals surface area contributed by atoms with Gasteiger partial charge in [0, 0.05) is 12.2 Å². The van der Waals surface area contributed by atoms with E-state index >= 15 is 0 Å². The highest BCUT2D eigenvalue weighted by Gasteiger charge is 2.47. The van der Waals surface area contributed by atoms with Crippen molar-refractivity contribution in [3.05, 3.63) is 30.2 Å². The summed E-state index contributed by atoms with van der Waals surface area (Å²) >= 11 is 0. The van der Waals surface area contributed by atoms with Crippen molar-refractivity contribution in [2.75, 3.05) is 0 Å². The number of hydrogen-bond donors (Lipinski definition) is 1. The van der Waals surface area contributed by atoms with Crippen LogP contribution in [0.5, 0.6) is 0 Å². The van der Waals surface area contributed by atoms with Gasteiger partial charge in [-0.1, -0.05) is 12.8 Å². The van der Waals surface area contributed by atoms with Gasteiger partial charge in [0.2, 0.25) is 0 Å². The lowest BCUT2D eigenvalue weighted by Gasteiger charge is -2.33. The molecule has 2 aromatic rings. The van der Waals surface area contributed by atoms with Gasteiger partial charge < -0.3 is 10.0 Å². The molecular weight excluding hydrogens is 296 g/mol. The second-order valence-electron chi connectivity index (χ2n) is 6.43. The van der Waals surface area contributed by atoms with E-state index in [1.807, 2.05) is 0 Å². The molecule has 1 amide bonds. The summed E-state index contributed by atoms with van der Waals surface area (Å²) < 4.78 is 1.68. The lowest BCUT2D eigenvalue weighted by atomic mass is 9.84. The molecule has 7 heteroatoms. The van der Waals surface area contributed by atoms with E-state index in [1.54, 1.807) is 27.6 Å². The predicted octanol–water partition coefficient (Wildman–Crippen LogP) is 1.59. The first-order chi connectivity index (χ1) is 11.1. The largest absolute Gasteiger partial charge is 0.480 e. The van der Waals surface area contributed by atoms with Crippen molar-refractivity contribution in [3.63, 3.8) is 0 Å². The number of carboxylic acid groups (broad SMARTS) is 1. The van der Waals surface area contributed by atoms with Gasteiger partial charge >= 0.3 is 5.97 Å². The van der Waals surface area contributed by atoms with Crippen molar-refractivity contribution in [2.45, 2.75) is 44.2 Å². The van der Waals surface area contributed by atoms with E-state index in [0.29, 0.717) is 23.5 Å². The van der Waals surface area contributed by atoms with Crippen LogP contribution in [0, 0.1) is 5.92 Å². The van der Waals surface area contributed by atoms with Crippen LogP contribution in [0.3, 0.4) is 0 Å². The molecule has 2 aromatic heterocycles. The molecule has 2 aliphatic rings. The van der Waals surface area contributed by atoms with Gasteiger partial charge in [-0.25, -0.2) is 4.79 Å². The number of rotatable bonds is 2. The fraction of sp³-hybridized carbons (Fsp3) is 0.500. The number of pyridine rings is 1. The molecule has 4 rings (SSSR count). The first-order valence-corrected chi connectivity index (χ1v) is 8.00. The number of aromatic nitrogens is 3. The van der Waals surface area contributed by atoms with Gasteiger partial charge in [0.25, 0.3) is 5.91 Å². The maximum atomic E-state index is 13.0. The van der Waals surface area contributed by atoms with E-state index in [1.165, 1.54) is 6.33 Å². The van der Waals surface area contributed by atoms with E-state index in [0.717, 1.165) is 25.7 Å². The van der Waals surface area contributed by atoms with Crippen molar-refractivity contribution in [2.24, 2.45) is 5.92 Å². The highest BCUT2D eigenvalue weighted by Crippen LogP contribution is 2.40. The third-order valence-electron chi connectivity index (χ3n) is 5.15. The Morgan fingerprint density at radius 1 is 1.22 bits per heavy atom. The van der Waals surface area contributed by atoms with E-state index in [2.05, 4.69) is 10.2 Å². The normalized spacial score (nSPS) is 27.1. The smallest absolute Gasteiger partial charge is 0.326 e. The zero-order valence-corrected chi connectivity index (χ0v) is 12.6. The van der Waals surface area contributed by atoms with Crippen molar-refractivity contribution in [1.82, 2.24) is 19.5 Å². The fourth-order valence-corrected chi connectivity index (χ4v) is 4.08. The summed E-state index contributed by atoms with van der Waals surface area (Å²) in [6.07, 6.45) is 7.88. The molecule has 1 saturated heterocycles. The quantitative estimate of drug-likeness (QED) is 0.909. The Morgan fingerprint density at radius 2 is 2.04 bits per heavy atom. The van der Waals surface area contributed by atoms with Crippen LogP contribution in [0.25, 0.3) is 5.65 Å². The van der Waals surface area contributed by atoms with Crippen LogP contribution < -0.4 is 0 Å². The minimum absolute atomic E-state index is 0.0500. The molecule has 0 radical (unpaired) electrons. The van der Waals surface area contributed by atoms with Gasteiger partial charge in [0.15, 0.2) is 5.65 Å². The SMILES string of the molecule is O=C(O)[C@@H]1C[C@@H]2CCCC[C@H]2N1C(=O)c1ccc2nncn2c1. The van der Waals surface area contributed by atoms with E-state index in [4.69, 9.17) is 0 Å². The lowest BCUT2D eigenvalue weighted by molar-refractivity contribution is -0.141. The molecule has 3 heterocycles. The molecule has 0 bridgehead atoms. The zero-order valence-electron chi connectivity index (χ0n) is 12.6. The molecule has 1 aliphatic carbocycles. The van der Waals surface area contributed by atoms with Gasteiger partial charge in [-0.05, 0) is 37.3 Å². The van der Waals surface area contributed by atoms with Crippen LogP contribution in [0.1, 0.15) is 42.5 Å². The van der Waals surface area contributed by atoms with Gasteiger partial charge in [0.1, 0.15) is 12.4 Å². The van der Waals surface area contributed by atoms with Crippen LogP contribution in [0.4, 0.5) is 0 Å². The first kappa shape index (κ1) is 14.2. The molecule has 23 heavy (non-hydrogen) atoms. The average Bonchev–Trinajstić information content (AvgIpc) is 3.17. The summed E-state index contributed by atoms with van der Waals surface area (Å²) in [5.41, 5.74) is 1.14. The average molecular weight is 314 g/mol. The molecule has 1 aliphatic heterocycles. The number of carbonyl (C=O) groups is 2. The molecule has 3 atom stereocenters. The summed E-state index contributed by atoms with van der Waals surface area (Å²) in [5.74, 6) is -0.798. The van der Waals surface area contributed by atoms with E-state index in [9.17, 15) is 14.7 Å². The molecule has 120 valence electrons. The number of amides is 1. The van der Waals surface area contributed by atoms with Crippen LogP contribution in [-0.2, 0) is 4.79 Å². The minimum Gasteiger partial charge on any atom is -0.480 e. The number of carboxylic acids is 1. The summed E-state index contributed by atoms with van der Waals surface area (Å²) in [7, 11) is 0. The summed E-state index contributed by atoms with van der Waals surface area (Å²) in [4.78, 5) is 26.2. The Labute approximate surface area is 132 Å². The van der Waals surface area contributed by atoms with E-state index in [-0.39, 0.29) is 11.9 Å². The lowest BCUT2D eigenvalue weighted by Crippen LogP contribution is -2.46. The number of nitrogens with zero attached hydrogens (tertiary/aromatic N) is 4. The molecule has 1 N–H and O–H groups in total. The molecular formula is C16H18N4O3. The second-order valence-corrected chi connectivity index (χ2v) is 6.43. The molecule has 2 fully saturated rings. The van der Waals surface area contributed by atoms with Crippen molar-refractivity contribution in [1.29, 1.82) is 0 Å². The Morgan fingerprint density at radius 3 is 2.87 bits per heavy atom. The Kier molecular flexibility index (Phi) is 3.28. The third kappa shape index (κ3) is 2.27. The Balaban J connectivity index is 1.70. The van der Waals surface area contributed by atoms with Crippen LogP contribution in [-0.4, -0.2) is 48.6 Å². The Bertz CT molecular complexity index is 772. The number of hydrogen-bond acceptors (Lipinski definition) is 4. The van der Waals surface area contributed by atoms with Crippen molar-refractivity contribution in [3.8, 4) is 0 Å². The Hall–Kier alpha value is -2.44. The fourth-order valence-electron chi connectivity index (χ4n) is 4.08. The number of aliphatic carboxylic acids is 1. The zero-order chi connectivity index (χ0) is 16.0. The summed E-state index contributed by atoms with van der Waals surface area (Å²) in [6.45, 7) is 0. The van der Waals surface area contributed by atoms with Gasteiger partial charge in [-0.2, -0.15) is 0 Å². The standard InChI is InChI=1S/C16H18N4O3/c21-15(11-5-6-14-18-17-9-19(14)8-11)20-12-4-2-1-3-10(12)7-13(20)16(22)23/h5-6,8-10,12-13H,1-4,7H2,(H,22,23)/t10-,12+,13-/m0/s1. The van der Waals surface area contributed by atoms with Gasteiger partial charge in [-0.3, -0.25) is 9.20 Å². The number of fused-ring (bicyclic) bond motifs is 2.